The van der Waals surface area contributed by atoms with Gasteiger partial charge in [0.15, 0.2) is 0 Å². The summed E-state index contributed by atoms with van der Waals surface area (Å²) in [4.78, 5) is 27.0. The molecule has 4 N–H and O–H groups in total. The SMILES string of the molecule is Cc1ccc(C(CNC(=O)CC(NC(N)=O)c2cccs2)N2CCOCC2)o1. The summed E-state index contributed by atoms with van der Waals surface area (Å²) in [6.45, 7) is 5.20. The average molecular weight is 407 g/mol. The van der Waals surface area contributed by atoms with Crippen molar-refractivity contribution in [2.45, 2.75) is 25.4 Å². The third-order valence-electron chi connectivity index (χ3n) is 4.66. The van der Waals surface area contributed by atoms with Crippen LogP contribution in [0.4, 0.5) is 4.79 Å². The lowest BCUT2D eigenvalue weighted by Gasteiger charge is -2.33. The smallest absolute Gasteiger partial charge is 0.312 e. The van der Waals surface area contributed by atoms with Crippen molar-refractivity contribution < 1.29 is 18.7 Å². The van der Waals surface area contributed by atoms with Crippen LogP contribution in [0, 0.1) is 6.92 Å². The number of carbonyl (C=O) groups excluding carboxylic acids is 2. The minimum absolute atomic E-state index is 0.0640. The van der Waals surface area contributed by atoms with Crippen molar-refractivity contribution in [3.8, 4) is 0 Å². The van der Waals surface area contributed by atoms with E-state index in [0.717, 1.165) is 29.5 Å². The van der Waals surface area contributed by atoms with Crippen molar-refractivity contribution in [2.24, 2.45) is 5.73 Å². The van der Waals surface area contributed by atoms with E-state index in [1.165, 1.54) is 11.3 Å². The number of rotatable bonds is 8. The van der Waals surface area contributed by atoms with Crippen LogP contribution in [0.15, 0.2) is 34.1 Å². The molecule has 9 heteroatoms. The molecular weight excluding hydrogens is 380 g/mol. The van der Waals surface area contributed by atoms with Gasteiger partial charge in [-0.1, -0.05) is 6.07 Å². The normalized spacial score (nSPS) is 17.0. The van der Waals surface area contributed by atoms with Crippen LogP contribution in [0.25, 0.3) is 0 Å². The number of amides is 3. The first-order valence-corrected chi connectivity index (χ1v) is 10.1. The Bertz CT molecular complexity index is 771. The topological polar surface area (TPSA) is 110 Å². The molecule has 1 aliphatic heterocycles. The molecule has 152 valence electrons. The van der Waals surface area contributed by atoms with E-state index in [-0.39, 0.29) is 18.4 Å². The second kappa shape index (κ2) is 9.72. The van der Waals surface area contributed by atoms with Crippen molar-refractivity contribution in [3.05, 3.63) is 46.0 Å². The fraction of sp³-hybridized carbons (Fsp3) is 0.474. The van der Waals surface area contributed by atoms with E-state index in [0.29, 0.717) is 19.8 Å². The van der Waals surface area contributed by atoms with Gasteiger partial charge >= 0.3 is 6.03 Å². The number of carbonyl (C=O) groups is 2. The second-order valence-electron chi connectivity index (χ2n) is 6.70. The second-order valence-corrected chi connectivity index (χ2v) is 7.68. The predicted octanol–water partition coefficient (Wildman–Crippen LogP) is 1.94. The molecule has 0 spiro atoms. The molecule has 0 radical (unpaired) electrons. The van der Waals surface area contributed by atoms with Gasteiger partial charge in [0.05, 0.1) is 31.7 Å². The Hall–Kier alpha value is -2.36. The zero-order valence-corrected chi connectivity index (χ0v) is 16.7. The average Bonchev–Trinajstić information content (AvgIpc) is 3.34. The van der Waals surface area contributed by atoms with E-state index in [1.54, 1.807) is 0 Å². The van der Waals surface area contributed by atoms with Crippen LogP contribution in [-0.4, -0.2) is 49.7 Å². The molecule has 8 nitrogen and oxygen atoms in total. The Morgan fingerprint density at radius 1 is 1.29 bits per heavy atom. The van der Waals surface area contributed by atoms with E-state index in [2.05, 4.69) is 15.5 Å². The maximum atomic E-state index is 12.6. The van der Waals surface area contributed by atoms with Crippen molar-refractivity contribution in [2.75, 3.05) is 32.8 Å². The first kappa shape index (κ1) is 20.4. The van der Waals surface area contributed by atoms with Gasteiger partial charge in [-0.25, -0.2) is 4.79 Å². The predicted molar refractivity (Wildman–Crippen MR) is 106 cm³/mol. The molecule has 2 aromatic rings. The Morgan fingerprint density at radius 2 is 2.07 bits per heavy atom. The van der Waals surface area contributed by atoms with Crippen LogP contribution >= 0.6 is 11.3 Å². The number of nitrogens with one attached hydrogen (secondary N) is 2. The van der Waals surface area contributed by atoms with E-state index >= 15 is 0 Å². The fourth-order valence-electron chi connectivity index (χ4n) is 3.28. The van der Waals surface area contributed by atoms with Crippen LogP contribution in [-0.2, 0) is 9.53 Å². The molecule has 2 aromatic heterocycles. The van der Waals surface area contributed by atoms with Gasteiger partial charge in [0.25, 0.3) is 0 Å². The van der Waals surface area contributed by atoms with Gasteiger partial charge in [-0.15, -0.1) is 11.3 Å². The van der Waals surface area contributed by atoms with Crippen molar-refractivity contribution in [1.29, 1.82) is 0 Å². The minimum atomic E-state index is -0.650. The van der Waals surface area contributed by atoms with Crippen molar-refractivity contribution in [3.63, 3.8) is 0 Å². The summed E-state index contributed by atoms with van der Waals surface area (Å²) < 4.78 is 11.3. The van der Waals surface area contributed by atoms with Gasteiger partial charge in [-0.2, -0.15) is 0 Å². The summed E-state index contributed by atoms with van der Waals surface area (Å²) in [5.74, 6) is 1.50. The van der Waals surface area contributed by atoms with Crippen LogP contribution in [0.5, 0.6) is 0 Å². The number of urea groups is 1. The molecule has 3 rings (SSSR count). The van der Waals surface area contributed by atoms with Crippen molar-refractivity contribution in [1.82, 2.24) is 15.5 Å². The van der Waals surface area contributed by atoms with Crippen LogP contribution < -0.4 is 16.4 Å². The summed E-state index contributed by atoms with van der Waals surface area (Å²) in [5.41, 5.74) is 5.27. The molecule has 0 aliphatic carbocycles. The molecule has 0 bridgehead atoms. The van der Waals surface area contributed by atoms with Gasteiger partial charge in [-0.05, 0) is 30.5 Å². The summed E-state index contributed by atoms with van der Waals surface area (Å²) in [6.07, 6.45) is 0.121. The first-order chi connectivity index (χ1) is 13.5. The largest absolute Gasteiger partial charge is 0.465 e. The monoisotopic (exact) mass is 406 g/mol. The number of nitrogens with zero attached hydrogens (tertiary/aromatic N) is 1. The molecule has 2 unspecified atom stereocenters. The van der Waals surface area contributed by atoms with E-state index in [4.69, 9.17) is 14.9 Å². The Kier molecular flexibility index (Phi) is 7.07. The highest BCUT2D eigenvalue weighted by Gasteiger charge is 2.26. The van der Waals surface area contributed by atoms with Crippen LogP contribution in [0.2, 0.25) is 0 Å². The van der Waals surface area contributed by atoms with Crippen LogP contribution in [0.3, 0.4) is 0 Å². The number of primary amides is 1. The summed E-state index contributed by atoms with van der Waals surface area (Å²) in [6, 6.07) is 6.47. The first-order valence-electron chi connectivity index (χ1n) is 9.27. The van der Waals surface area contributed by atoms with Gasteiger partial charge in [0.1, 0.15) is 11.5 Å². The van der Waals surface area contributed by atoms with Gasteiger partial charge < -0.3 is 25.5 Å². The maximum absolute atomic E-state index is 12.6. The standard InChI is InChI=1S/C19H26N4O4S/c1-13-4-5-16(27-13)15(23-6-8-26-9-7-23)12-21-18(24)11-14(22-19(20)25)17-3-2-10-28-17/h2-5,10,14-15H,6-9,11-12H2,1H3,(H,21,24)(H3,20,22,25). The molecule has 2 atom stereocenters. The van der Waals surface area contributed by atoms with Crippen molar-refractivity contribution >= 4 is 23.3 Å². The molecule has 1 aliphatic rings. The van der Waals surface area contributed by atoms with Gasteiger partial charge in [0, 0.05) is 24.5 Å². The lowest BCUT2D eigenvalue weighted by Crippen LogP contribution is -2.44. The zero-order chi connectivity index (χ0) is 19.9. The number of thiophene rings is 1. The fourth-order valence-corrected chi connectivity index (χ4v) is 4.06. The molecule has 1 saturated heterocycles. The molecule has 0 saturated carbocycles. The molecule has 0 aromatic carbocycles. The quantitative estimate of drug-likeness (QED) is 0.621. The number of ether oxygens (including phenoxy) is 1. The van der Waals surface area contributed by atoms with Gasteiger partial charge in [0.2, 0.25) is 5.91 Å². The third kappa shape index (κ3) is 5.57. The lowest BCUT2D eigenvalue weighted by atomic mass is 10.1. The Labute approximate surface area is 168 Å². The summed E-state index contributed by atoms with van der Waals surface area (Å²) in [5, 5.41) is 7.53. The summed E-state index contributed by atoms with van der Waals surface area (Å²) >= 11 is 1.47. The number of hydrogen-bond donors (Lipinski definition) is 3. The Balaban J connectivity index is 1.63. The minimum Gasteiger partial charge on any atom is -0.465 e. The zero-order valence-electron chi connectivity index (χ0n) is 15.8. The number of furan rings is 1. The lowest BCUT2D eigenvalue weighted by molar-refractivity contribution is -0.122. The van der Waals surface area contributed by atoms with E-state index in [1.807, 2.05) is 36.6 Å². The molecule has 1 fully saturated rings. The number of morpholine rings is 1. The van der Waals surface area contributed by atoms with E-state index in [9.17, 15) is 9.59 Å². The highest BCUT2D eigenvalue weighted by Crippen LogP contribution is 2.24. The number of aryl methyl sites for hydroxylation is 1. The molecule has 3 amide bonds. The van der Waals surface area contributed by atoms with Gasteiger partial charge in [-0.3, -0.25) is 9.69 Å². The maximum Gasteiger partial charge on any atom is 0.312 e. The molecule has 28 heavy (non-hydrogen) atoms. The summed E-state index contributed by atoms with van der Waals surface area (Å²) in [7, 11) is 0. The van der Waals surface area contributed by atoms with Crippen LogP contribution in [0.1, 0.15) is 34.9 Å². The number of hydrogen-bond acceptors (Lipinski definition) is 6. The highest BCUT2D eigenvalue weighted by molar-refractivity contribution is 7.10. The molecular formula is C19H26N4O4S. The Morgan fingerprint density at radius 3 is 2.68 bits per heavy atom. The van der Waals surface area contributed by atoms with E-state index < -0.39 is 12.1 Å². The third-order valence-corrected chi connectivity index (χ3v) is 5.65. The molecule has 3 heterocycles. The number of nitrogens with two attached hydrogens (primary N) is 1. The highest BCUT2D eigenvalue weighted by atomic mass is 32.1.